The molecule has 7 heteroatoms. The van der Waals surface area contributed by atoms with Gasteiger partial charge in [-0.1, -0.05) is 23.4 Å². The number of fused-ring (bicyclic) bond motifs is 1. The van der Waals surface area contributed by atoms with Crippen LogP contribution in [0.3, 0.4) is 0 Å². The average molecular weight is 448 g/mol. The van der Waals surface area contributed by atoms with Crippen molar-refractivity contribution >= 4 is 27.5 Å². The van der Waals surface area contributed by atoms with Gasteiger partial charge in [-0.2, -0.15) is 0 Å². The zero-order chi connectivity index (χ0) is 22.1. The fourth-order valence-electron chi connectivity index (χ4n) is 4.19. The molecular weight excluding hydrogens is 422 g/mol. The summed E-state index contributed by atoms with van der Waals surface area (Å²) in [6.07, 6.45) is 2.04. The SMILES string of the molecule is Cc1noc(C)c1COc1cccc(C(=O)N2CCCC(c3nc4ccccc4s3)C2)c1. The quantitative estimate of drug-likeness (QED) is 0.404. The molecule has 1 aliphatic rings. The van der Waals surface area contributed by atoms with Gasteiger partial charge in [0.05, 0.1) is 26.5 Å². The molecule has 5 rings (SSSR count). The van der Waals surface area contributed by atoms with Crippen LogP contribution in [0.1, 0.15) is 51.1 Å². The first-order valence-corrected chi connectivity index (χ1v) is 11.7. The molecule has 0 N–H and O–H groups in total. The Morgan fingerprint density at radius 2 is 2.09 bits per heavy atom. The Morgan fingerprint density at radius 3 is 2.91 bits per heavy atom. The molecule has 1 fully saturated rings. The molecule has 6 nitrogen and oxygen atoms in total. The van der Waals surface area contributed by atoms with Crippen LogP contribution in [0.15, 0.2) is 53.1 Å². The second kappa shape index (κ2) is 8.74. The first kappa shape index (κ1) is 20.7. The first-order chi connectivity index (χ1) is 15.6. The van der Waals surface area contributed by atoms with Crippen molar-refractivity contribution < 1.29 is 14.1 Å². The average Bonchev–Trinajstić information content (AvgIpc) is 3.40. The molecule has 1 amide bonds. The molecule has 1 saturated heterocycles. The van der Waals surface area contributed by atoms with E-state index in [1.54, 1.807) is 11.3 Å². The minimum atomic E-state index is 0.0404. The van der Waals surface area contributed by atoms with Crippen LogP contribution in [-0.4, -0.2) is 34.0 Å². The number of carbonyl (C=O) groups is 1. The standard InChI is InChI=1S/C25H25N3O3S/c1-16-21(17(2)31-27-16)15-30-20-9-5-7-18(13-20)25(29)28-12-6-8-19(14-28)24-26-22-10-3-4-11-23(22)32-24/h3-5,7,9-11,13,19H,6,8,12,14-15H2,1-2H3. The van der Waals surface area contributed by atoms with Crippen molar-refractivity contribution in [1.82, 2.24) is 15.0 Å². The van der Waals surface area contributed by atoms with Crippen LogP contribution >= 0.6 is 11.3 Å². The number of thiazole rings is 1. The van der Waals surface area contributed by atoms with Crippen LogP contribution in [0.4, 0.5) is 0 Å². The number of rotatable bonds is 5. The van der Waals surface area contributed by atoms with Crippen molar-refractivity contribution in [3.05, 3.63) is 76.1 Å². The lowest BCUT2D eigenvalue weighted by Gasteiger charge is -2.32. The van der Waals surface area contributed by atoms with Gasteiger partial charge in [-0.3, -0.25) is 4.79 Å². The Labute approximate surface area is 190 Å². The minimum Gasteiger partial charge on any atom is -0.489 e. The third kappa shape index (κ3) is 4.12. The number of carbonyl (C=O) groups excluding carboxylic acids is 1. The van der Waals surface area contributed by atoms with Crippen molar-refractivity contribution in [2.45, 2.75) is 39.2 Å². The lowest BCUT2D eigenvalue weighted by Crippen LogP contribution is -2.39. The van der Waals surface area contributed by atoms with Gasteiger partial charge in [0.1, 0.15) is 18.1 Å². The molecule has 0 saturated carbocycles. The zero-order valence-electron chi connectivity index (χ0n) is 18.2. The fraction of sp³-hybridized carbons (Fsp3) is 0.320. The van der Waals surface area contributed by atoms with Gasteiger partial charge in [0, 0.05) is 24.6 Å². The Bertz CT molecular complexity index is 1210. The topological polar surface area (TPSA) is 68.5 Å². The molecule has 0 spiro atoms. The maximum Gasteiger partial charge on any atom is 0.254 e. The largest absolute Gasteiger partial charge is 0.489 e. The van der Waals surface area contributed by atoms with Crippen molar-refractivity contribution in [2.24, 2.45) is 0 Å². The second-order valence-corrected chi connectivity index (χ2v) is 9.29. The van der Waals surface area contributed by atoms with E-state index in [-0.39, 0.29) is 11.8 Å². The second-order valence-electron chi connectivity index (χ2n) is 8.23. The van der Waals surface area contributed by atoms with Crippen molar-refractivity contribution in [3.8, 4) is 5.75 Å². The Hall–Kier alpha value is -3.19. The van der Waals surface area contributed by atoms with Gasteiger partial charge < -0.3 is 14.2 Å². The third-order valence-corrected chi connectivity index (χ3v) is 7.21. The van der Waals surface area contributed by atoms with E-state index in [0.29, 0.717) is 24.5 Å². The maximum absolute atomic E-state index is 13.3. The summed E-state index contributed by atoms with van der Waals surface area (Å²) in [5.41, 5.74) is 3.45. The fourth-order valence-corrected chi connectivity index (χ4v) is 5.29. The van der Waals surface area contributed by atoms with E-state index in [1.165, 1.54) is 4.70 Å². The molecule has 3 heterocycles. The minimum absolute atomic E-state index is 0.0404. The highest BCUT2D eigenvalue weighted by Gasteiger charge is 2.27. The van der Waals surface area contributed by atoms with Gasteiger partial charge in [-0.15, -0.1) is 11.3 Å². The number of hydrogen-bond acceptors (Lipinski definition) is 6. The molecule has 1 unspecified atom stereocenters. The highest BCUT2D eigenvalue weighted by atomic mass is 32.1. The predicted molar refractivity (Wildman–Crippen MR) is 124 cm³/mol. The van der Waals surface area contributed by atoms with Gasteiger partial charge in [0.25, 0.3) is 5.91 Å². The number of nitrogens with zero attached hydrogens (tertiary/aromatic N) is 3. The Balaban J connectivity index is 1.28. The van der Waals surface area contributed by atoms with Gasteiger partial charge in [-0.05, 0) is 57.0 Å². The molecule has 0 radical (unpaired) electrons. The summed E-state index contributed by atoms with van der Waals surface area (Å²) in [7, 11) is 0. The van der Waals surface area contributed by atoms with E-state index in [2.05, 4.69) is 17.3 Å². The summed E-state index contributed by atoms with van der Waals surface area (Å²) in [6, 6.07) is 15.6. The maximum atomic E-state index is 13.3. The van der Waals surface area contributed by atoms with Crippen molar-refractivity contribution in [1.29, 1.82) is 0 Å². The lowest BCUT2D eigenvalue weighted by atomic mass is 9.98. The monoisotopic (exact) mass is 447 g/mol. The molecule has 1 atom stereocenters. The van der Waals surface area contributed by atoms with Gasteiger partial charge in [0.2, 0.25) is 0 Å². The number of likely N-dealkylation sites (tertiary alicyclic amines) is 1. The van der Waals surface area contributed by atoms with Gasteiger partial charge in [-0.25, -0.2) is 4.98 Å². The number of hydrogen-bond donors (Lipinski definition) is 0. The summed E-state index contributed by atoms with van der Waals surface area (Å²) in [5.74, 6) is 1.74. The van der Waals surface area contributed by atoms with E-state index < -0.39 is 0 Å². The highest BCUT2D eigenvalue weighted by molar-refractivity contribution is 7.18. The molecular formula is C25H25N3O3S. The molecule has 2 aromatic carbocycles. The van der Waals surface area contributed by atoms with Crippen LogP contribution < -0.4 is 4.74 Å². The molecule has 1 aliphatic heterocycles. The van der Waals surface area contributed by atoms with E-state index in [0.717, 1.165) is 46.9 Å². The van der Waals surface area contributed by atoms with Crippen LogP contribution in [0.25, 0.3) is 10.2 Å². The molecule has 32 heavy (non-hydrogen) atoms. The molecule has 4 aromatic rings. The molecule has 164 valence electrons. The summed E-state index contributed by atoms with van der Waals surface area (Å²) in [6.45, 7) is 5.60. The van der Waals surface area contributed by atoms with Crippen LogP contribution in [-0.2, 0) is 6.61 Å². The molecule has 2 aromatic heterocycles. The molecule has 0 aliphatic carbocycles. The number of aryl methyl sites for hydroxylation is 2. The van der Waals surface area contributed by atoms with Crippen LogP contribution in [0.5, 0.6) is 5.75 Å². The summed E-state index contributed by atoms with van der Waals surface area (Å²) >= 11 is 1.74. The highest BCUT2D eigenvalue weighted by Crippen LogP contribution is 2.33. The van der Waals surface area contributed by atoms with Gasteiger partial charge >= 0.3 is 0 Å². The number of aromatic nitrogens is 2. The van der Waals surface area contributed by atoms with E-state index >= 15 is 0 Å². The predicted octanol–water partition coefficient (Wildman–Crippen LogP) is 5.50. The van der Waals surface area contributed by atoms with Gasteiger partial charge in [0.15, 0.2) is 0 Å². The van der Waals surface area contributed by atoms with Crippen molar-refractivity contribution in [3.63, 3.8) is 0 Å². The third-order valence-electron chi connectivity index (χ3n) is 6.01. The lowest BCUT2D eigenvalue weighted by molar-refractivity contribution is 0.0706. The summed E-state index contributed by atoms with van der Waals surface area (Å²) in [4.78, 5) is 20.1. The zero-order valence-corrected chi connectivity index (χ0v) is 19.0. The van der Waals surface area contributed by atoms with Crippen LogP contribution in [0, 0.1) is 13.8 Å². The number of benzene rings is 2. The van der Waals surface area contributed by atoms with Crippen molar-refractivity contribution in [2.75, 3.05) is 13.1 Å². The number of amides is 1. The number of para-hydroxylation sites is 1. The smallest absolute Gasteiger partial charge is 0.254 e. The summed E-state index contributed by atoms with van der Waals surface area (Å²) in [5, 5.41) is 5.09. The number of piperidine rings is 1. The van der Waals surface area contributed by atoms with E-state index in [4.69, 9.17) is 14.2 Å². The summed E-state index contributed by atoms with van der Waals surface area (Å²) < 4.78 is 12.3. The van der Waals surface area contributed by atoms with E-state index in [9.17, 15) is 4.79 Å². The number of ether oxygens (including phenoxy) is 1. The Morgan fingerprint density at radius 1 is 1.22 bits per heavy atom. The normalized spacial score (nSPS) is 16.4. The van der Waals surface area contributed by atoms with Crippen LogP contribution in [0.2, 0.25) is 0 Å². The van der Waals surface area contributed by atoms with E-state index in [1.807, 2.05) is 55.1 Å². The first-order valence-electron chi connectivity index (χ1n) is 10.9. The molecule has 0 bridgehead atoms. The Kier molecular flexibility index (Phi) is 5.66.